The monoisotopic (exact) mass is 168 g/mol. The zero-order chi connectivity index (χ0) is 7.40. The van der Waals surface area contributed by atoms with E-state index in [2.05, 4.69) is 43.3 Å². The van der Waals surface area contributed by atoms with Crippen molar-refractivity contribution < 1.29 is 0 Å². The Labute approximate surface area is 75.8 Å². The molecule has 12 heavy (non-hydrogen) atoms. The predicted molar refractivity (Wildman–Crippen MR) is 55.6 cm³/mol. The van der Waals surface area contributed by atoms with Crippen molar-refractivity contribution in [3.63, 3.8) is 0 Å². The van der Waals surface area contributed by atoms with Crippen LogP contribution in [-0.2, 0) is 6.54 Å². The highest BCUT2D eigenvalue weighted by molar-refractivity contribution is 5.14. The molecule has 70 valence electrons. The molecule has 0 aromatic heterocycles. The first kappa shape index (κ1) is 13.7. The van der Waals surface area contributed by atoms with Crippen molar-refractivity contribution >= 4 is 0 Å². The maximum Gasteiger partial charge on any atom is 0.0227 e. The highest BCUT2D eigenvalue weighted by Gasteiger charge is 1.90. The molecule has 0 atom stereocenters. The molecule has 0 aliphatic heterocycles. The number of benzene rings is 1. The fourth-order valence-electron chi connectivity index (χ4n) is 0.949. The summed E-state index contributed by atoms with van der Waals surface area (Å²) in [6.45, 7) is 1.03. The first-order valence-electron chi connectivity index (χ1n) is 3.47. The lowest BCUT2D eigenvalue weighted by Gasteiger charge is -2.08. The second-order valence-electron chi connectivity index (χ2n) is 2.72. The lowest BCUT2D eigenvalue weighted by atomic mass is 10.2. The van der Waals surface area contributed by atoms with Gasteiger partial charge in [-0.25, -0.2) is 0 Å². The van der Waals surface area contributed by atoms with Crippen LogP contribution in [0.2, 0.25) is 0 Å². The van der Waals surface area contributed by atoms with Crippen LogP contribution in [0.3, 0.4) is 0 Å². The largest absolute Gasteiger partial charge is 0.344 e. The van der Waals surface area contributed by atoms with E-state index in [0.717, 1.165) is 6.54 Å². The molecule has 0 amide bonds. The van der Waals surface area contributed by atoms with Crippen molar-refractivity contribution in [3.05, 3.63) is 35.9 Å². The van der Waals surface area contributed by atoms with Crippen LogP contribution in [0.4, 0.5) is 0 Å². The molecule has 0 aliphatic rings. The van der Waals surface area contributed by atoms with Crippen LogP contribution < -0.4 is 6.15 Å². The van der Waals surface area contributed by atoms with Gasteiger partial charge in [-0.1, -0.05) is 37.8 Å². The lowest BCUT2D eigenvalue weighted by Crippen LogP contribution is -2.10. The van der Waals surface area contributed by atoms with Gasteiger partial charge in [0.15, 0.2) is 0 Å². The molecule has 2 heteroatoms. The lowest BCUT2D eigenvalue weighted by molar-refractivity contribution is 0.402. The van der Waals surface area contributed by atoms with E-state index in [1.165, 1.54) is 5.56 Å². The van der Waals surface area contributed by atoms with Crippen LogP contribution in [0.5, 0.6) is 0 Å². The van der Waals surface area contributed by atoms with Gasteiger partial charge in [-0.15, -0.1) is 0 Å². The van der Waals surface area contributed by atoms with Crippen LogP contribution in [0.1, 0.15) is 13.0 Å². The summed E-state index contributed by atoms with van der Waals surface area (Å²) in [6, 6.07) is 10.5. The van der Waals surface area contributed by atoms with Gasteiger partial charge in [0.2, 0.25) is 0 Å². The molecule has 1 aromatic rings. The average Bonchev–Trinajstić information content (AvgIpc) is 1.88. The minimum absolute atomic E-state index is 0. The quantitative estimate of drug-likeness (QED) is 0.737. The minimum atomic E-state index is 0. The molecule has 0 saturated carbocycles. The smallest absolute Gasteiger partial charge is 0.0227 e. The molecule has 0 spiro atoms. The van der Waals surface area contributed by atoms with E-state index in [1.54, 1.807) is 0 Å². The maximum atomic E-state index is 2.16. The Hall–Kier alpha value is -0.860. The predicted octanol–water partition coefficient (Wildman–Crippen LogP) is 2.55. The van der Waals surface area contributed by atoms with Gasteiger partial charge in [-0.2, -0.15) is 0 Å². The van der Waals surface area contributed by atoms with E-state index in [4.69, 9.17) is 0 Å². The van der Waals surface area contributed by atoms with Crippen molar-refractivity contribution in [2.45, 2.75) is 14.0 Å². The second kappa shape index (κ2) is 6.83. The highest BCUT2D eigenvalue weighted by atomic mass is 15.0. The van der Waals surface area contributed by atoms with Crippen molar-refractivity contribution in [1.29, 1.82) is 0 Å². The highest BCUT2D eigenvalue weighted by Crippen LogP contribution is 1.99. The van der Waals surface area contributed by atoms with E-state index in [1.807, 2.05) is 6.07 Å². The molecular weight excluding hydrogens is 148 g/mol. The molecule has 0 unspecified atom stereocenters. The van der Waals surface area contributed by atoms with Gasteiger partial charge < -0.3 is 11.1 Å². The molecule has 0 saturated heterocycles. The summed E-state index contributed by atoms with van der Waals surface area (Å²) in [4.78, 5) is 2.16. The first-order valence-corrected chi connectivity index (χ1v) is 3.47. The third-order valence-electron chi connectivity index (χ3n) is 1.34. The fourth-order valence-corrected chi connectivity index (χ4v) is 0.949. The zero-order valence-corrected chi connectivity index (χ0v) is 7.25. The Morgan fingerprint density at radius 1 is 1.08 bits per heavy atom. The molecule has 3 N–H and O–H groups in total. The number of hydrogen-bond donors (Lipinski definition) is 1. The molecule has 0 aliphatic carbocycles. The Balaban J connectivity index is 0. The Bertz CT molecular complexity index is 182. The Morgan fingerprint density at radius 3 is 2.00 bits per heavy atom. The third-order valence-corrected chi connectivity index (χ3v) is 1.34. The van der Waals surface area contributed by atoms with Crippen molar-refractivity contribution in [3.8, 4) is 0 Å². The Kier molecular flexibility index (Phi) is 7.80. The molecule has 1 aromatic carbocycles. The summed E-state index contributed by atoms with van der Waals surface area (Å²) in [5.41, 5.74) is 1.37. The van der Waals surface area contributed by atoms with E-state index < -0.39 is 0 Å². The second-order valence-corrected chi connectivity index (χ2v) is 2.72. The number of hydrogen-bond acceptors (Lipinski definition) is 2. The van der Waals surface area contributed by atoms with E-state index in [9.17, 15) is 0 Å². The number of nitrogens with zero attached hydrogens (tertiary/aromatic N) is 1. The first-order chi connectivity index (χ1) is 4.79. The molecular formula is C10H20N2. The summed E-state index contributed by atoms with van der Waals surface area (Å²) < 4.78 is 0. The summed E-state index contributed by atoms with van der Waals surface area (Å²) >= 11 is 0. The van der Waals surface area contributed by atoms with Gasteiger partial charge in [-0.05, 0) is 19.7 Å². The van der Waals surface area contributed by atoms with Gasteiger partial charge in [0.05, 0.1) is 0 Å². The van der Waals surface area contributed by atoms with Crippen LogP contribution >= 0.6 is 0 Å². The van der Waals surface area contributed by atoms with Gasteiger partial charge in [-0.3, -0.25) is 0 Å². The van der Waals surface area contributed by atoms with Crippen LogP contribution in [0.25, 0.3) is 0 Å². The van der Waals surface area contributed by atoms with Crippen molar-refractivity contribution in [2.75, 3.05) is 14.1 Å². The zero-order valence-electron chi connectivity index (χ0n) is 7.25. The third kappa shape index (κ3) is 4.88. The molecule has 0 heterocycles. The average molecular weight is 168 g/mol. The minimum Gasteiger partial charge on any atom is -0.344 e. The fraction of sp³-hybridized carbons (Fsp3) is 0.400. The van der Waals surface area contributed by atoms with Gasteiger partial charge in [0.25, 0.3) is 0 Å². The van der Waals surface area contributed by atoms with Gasteiger partial charge in [0.1, 0.15) is 0 Å². The summed E-state index contributed by atoms with van der Waals surface area (Å²) in [5.74, 6) is 0. The van der Waals surface area contributed by atoms with E-state index >= 15 is 0 Å². The normalized spacial score (nSPS) is 8.58. The standard InChI is InChI=1S/C9H13N.CH4.H3N/c1-10(2)8-9-6-4-3-5-7-9;;/h3-7H,8H2,1-2H3;1H4;1H3. The number of rotatable bonds is 2. The van der Waals surface area contributed by atoms with Crippen LogP contribution in [0.15, 0.2) is 30.3 Å². The van der Waals surface area contributed by atoms with Crippen molar-refractivity contribution in [2.24, 2.45) is 0 Å². The summed E-state index contributed by atoms with van der Waals surface area (Å²) in [6.07, 6.45) is 0. The maximum absolute atomic E-state index is 2.16. The summed E-state index contributed by atoms with van der Waals surface area (Å²) in [5, 5.41) is 0. The SMILES string of the molecule is C.CN(C)Cc1ccccc1.N. The topological polar surface area (TPSA) is 38.2 Å². The molecule has 0 bridgehead atoms. The Morgan fingerprint density at radius 2 is 1.58 bits per heavy atom. The van der Waals surface area contributed by atoms with Crippen LogP contribution in [-0.4, -0.2) is 19.0 Å². The van der Waals surface area contributed by atoms with Gasteiger partial charge >= 0.3 is 0 Å². The van der Waals surface area contributed by atoms with E-state index in [-0.39, 0.29) is 13.6 Å². The molecule has 1 rings (SSSR count). The van der Waals surface area contributed by atoms with E-state index in [0.29, 0.717) is 0 Å². The van der Waals surface area contributed by atoms with Gasteiger partial charge in [0, 0.05) is 6.54 Å². The molecule has 0 radical (unpaired) electrons. The van der Waals surface area contributed by atoms with Crippen molar-refractivity contribution in [1.82, 2.24) is 11.1 Å². The molecule has 0 fully saturated rings. The molecule has 2 nitrogen and oxygen atoms in total. The van der Waals surface area contributed by atoms with Crippen LogP contribution in [0, 0.1) is 0 Å². The summed E-state index contributed by atoms with van der Waals surface area (Å²) in [7, 11) is 4.15.